The largest absolute Gasteiger partial charge is 0.394 e. The quantitative estimate of drug-likeness (QED) is 0.626. The van der Waals surface area contributed by atoms with Crippen LogP contribution in [0.1, 0.15) is 37.7 Å². The predicted octanol–water partition coefficient (Wildman–Crippen LogP) is 0.539. The van der Waals surface area contributed by atoms with Crippen LogP contribution < -0.4 is 10.6 Å². The van der Waals surface area contributed by atoms with E-state index in [9.17, 15) is 14.7 Å². The Bertz CT molecular complexity index is 636. The van der Waals surface area contributed by atoms with E-state index in [1.165, 1.54) is 0 Å². The van der Waals surface area contributed by atoms with E-state index in [1.54, 1.807) is 12.4 Å². The summed E-state index contributed by atoms with van der Waals surface area (Å²) < 4.78 is 11.2. The molecule has 0 radical (unpaired) electrons. The van der Waals surface area contributed by atoms with Crippen molar-refractivity contribution in [2.45, 2.75) is 56.9 Å². The van der Waals surface area contributed by atoms with Gasteiger partial charge in [-0.3, -0.25) is 14.6 Å². The molecule has 3 N–H and O–H groups in total. The molecular weight excluding hydrogens is 362 g/mol. The number of rotatable bonds is 7. The lowest BCUT2D eigenvalue weighted by atomic mass is 9.94. The molecule has 0 saturated carbocycles. The number of hydrogen-bond acceptors (Lipinski definition) is 6. The number of amides is 2. The summed E-state index contributed by atoms with van der Waals surface area (Å²) in [5, 5.41) is 15.6. The number of nitrogens with one attached hydrogen (secondary N) is 2. The summed E-state index contributed by atoms with van der Waals surface area (Å²) in [6, 6.07) is 3.48. The second kappa shape index (κ2) is 10.5. The molecule has 1 aromatic heterocycles. The highest BCUT2D eigenvalue weighted by Crippen LogP contribution is 2.23. The lowest BCUT2D eigenvalue weighted by molar-refractivity contribution is -0.139. The van der Waals surface area contributed by atoms with E-state index < -0.39 is 6.10 Å². The molecule has 0 spiro atoms. The average molecular weight is 391 g/mol. The molecule has 2 aliphatic rings. The van der Waals surface area contributed by atoms with Crippen molar-refractivity contribution in [3.8, 4) is 0 Å². The number of carbonyl (C=O) groups excluding carboxylic acids is 2. The second-order valence-corrected chi connectivity index (χ2v) is 7.39. The summed E-state index contributed by atoms with van der Waals surface area (Å²) in [6.07, 6.45) is 5.66. The van der Waals surface area contributed by atoms with Crippen molar-refractivity contribution in [1.82, 2.24) is 15.6 Å². The van der Waals surface area contributed by atoms with Crippen molar-refractivity contribution in [3.05, 3.63) is 30.1 Å². The van der Waals surface area contributed by atoms with Gasteiger partial charge in [0.25, 0.3) is 0 Å². The lowest BCUT2D eigenvalue weighted by Crippen LogP contribution is -2.53. The molecule has 0 unspecified atom stereocenters. The summed E-state index contributed by atoms with van der Waals surface area (Å²) in [6.45, 7) is 1.48. The van der Waals surface area contributed by atoms with Gasteiger partial charge in [-0.15, -0.1) is 0 Å². The summed E-state index contributed by atoms with van der Waals surface area (Å²) in [5.74, 6) is -0.128. The maximum absolute atomic E-state index is 12.4. The molecule has 3 atom stereocenters. The molecular formula is C20H29N3O5. The zero-order chi connectivity index (χ0) is 19.8. The third-order valence-corrected chi connectivity index (χ3v) is 5.37. The Hall–Kier alpha value is -2.03. The van der Waals surface area contributed by atoms with Gasteiger partial charge in [-0.1, -0.05) is 0 Å². The van der Waals surface area contributed by atoms with E-state index in [-0.39, 0.29) is 42.9 Å². The SMILES string of the molecule is O=C(C[C@@H]1CC[C@H](NC(=O)C2CCOCC2)[C@@H](CO)O1)NCc1ccncc1. The Morgan fingerprint density at radius 3 is 2.61 bits per heavy atom. The Labute approximate surface area is 165 Å². The van der Waals surface area contributed by atoms with Crippen LogP contribution in [0.5, 0.6) is 0 Å². The number of hydrogen-bond donors (Lipinski definition) is 3. The first-order valence-electron chi connectivity index (χ1n) is 9.95. The first-order valence-corrected chi connectivity index (χ1v) is 9.95. The van der Waals surface area contributed by atoms with Crippen LogP contribution in [0.25, 0.3) is 0 Å². The molecule has 2 aliphatic heterocycles. The molecule has 3 heterocycles. The third-order valence-electron chi connectivity index (χ3n) is 5.37. The van der Waals surface area contributed by atoms with Crippen molar-refractivity contribution >= 4 is 11.8 Å². The molecule has 0 aromatic carbocycles. The number of pyridine rings is 1. The van der Waals surface area contributed by atoms with Crippen LogP contribution >= 0.6 is 0 Å². The van der Waals surface area contributed by atoms with E-state index in [0.29, 0.717) is 32.6 Å². The number of nitrogens with zero attached hydrogens (tertiary/aromatic N) is 1. The highest BCUT2D eigenvalue weighted by atomic mass is 16.5. The molecule has 3 rings (SSSR count). The van der Waals surface area contributed by atoms with E-state index >= 15 is 0 Å². The lowest BCUT2D eigenvalue weighted by Gasteiger charge is -2.37. The molecule has 28 heavy (non-hydrogen) atoms. The van der Waals surface area contributed by atoms with Gasteiger partial charge in [0, 0.05) is 38.1 Å². The van der Waals surface area contributed by atoms with Gasteiger partial charge in [-0.05, 0) is 43.4 Å². The number of aliphatic hydroxyl groups excluding tert-OH is 1. The van der Waals surface area contributed by atoms with Crippen molar-refractivity contribution in [2.75, 3.05) is 19.8 Å². The molecule has 2 fully saturated rings. The topological polar surface area (TPSA) is 110 Å². The molecule has 2 saturated heterocycles. The number of carbonyl (C=O) groups is 2. The van der Waals surface area contributed by atoms with Crippen LogP contribution in [-0.4, -0.2) is 60.0 Å². The highest BCUT2D eigenvalue weighted by molar-refractivity contribution is 5.79. The fourth-order valence-corrected chi connectivity index (χ4v) is 3.69. The summed E-state index contributed by atoms with van der Waals surface area (Å²) in [4.78, 5) is 28.6. The minimum Gasteiger partial charge on any atom is -0.394 e. The summed E-state index contributed by atoms with van der Waals surface area (Å²) >= 11 is 0. The Balaban J connectivity index is 1.43. The minimum absolute atomic E-state index is 0.00361. The minimum atomic E-state index is -0.490. The van der Waals surface area contributed by atoms with Crippen LogP contribution in [0, 0.1) is 5.92 Å². The standard InChI is InChI=1S/C20H29N3O5/c24-13-18-17(23-20(26)15-5-9-27-10-6-15)2-1-16(28-18)11-19(25)22-12-14-3-7-21-8-4-14/h3-4,7-8,15-18,24H,1-2,5-6,9-13H2,(H,22,25)(H,23,26)/t16-,17-,18+/m0/s1. The zero-order valence-electron chi connectivity index (χ0n) is 16.0. The van der Waals surface area contributed by atoms with E-state index in [1.807, 2.05) is 12.1 Å². The Kier molecular flexibility index (Phi) is 7.76. The second-order valence-electron chi connectivity index (χ2n) is 7.39. The molecule has 2 amide bonds. The van der Waals surface area contributed by atoms with Crippen molar-refractivity contribution in [1.29, 1.82) is 0 Å². The monoisotopic (exact) mass is 391 g/mol. The smallest absolute Gasteiger partial charge is 0.223 e. The van der Waals surface area contributed by atoms with Gasteiger partial charge in [0.1, 0.15) is 6.10 Å². The molecule has 154 valence electrons. The highest BCUT2D eigenvalue weighted by Gasteiger charge is 2.34. The van der Waals surface area contributed by atoms with E-state index in [4.69, 9.17) is 9.47 Å². The van der Waals surface area contributed by atoms with Gasteiger partial charge in [0.2, 0.25) is 11.8 Å². The molecule has 0 aliphatic carbocycles. The number of ether oxygens (including phenoxy) is 2. The fraction of sp³-hybridized carbons (Fsp3) is 0.650. The molecule has 0 bridgehead atoms. The van der Waals surface area contributed by atoms with Crippen LogP contribution in [0.15, 0.2) is 24.5 Å². The Morgan fingerprint density at radius 2 is 1.89 bits per heavy atom. The Morgan fingerprint density at radius 1 is 1.14 bits per heavy atom. The van der Waals surface area contributed by atoms with Crippen molar-refractivity contribution in [2.24, 2.45) is 5.92 Å². The van der Waals surface area contributed by atoms with Crippen molar-refractivity contribution < 1.29 is 24.2 Å². The first-order chi connectivity index (χ1) is 13.7. The predicted molar refractivity (Wildman–Crippen MR) is 101 cm³/mol. The third kappa shape index (κ3) is 5.98. The van der Waals surface area contributed by atoms with Crippen LogP contribution in [-0.2, 0) is 25.6 Å². The van der Waals surface area contributed by atoms with Crippen LogP contribution in [0.4, 0.5) is 0 Å². The van der Waals surface area contributed by atoms with Gasteiger partial charge in [0.05, 0.1) is 25.2 Å². The first kappa shape index (κ1) is 20.7. The number of aromatic nitrogens is 1. The number of aliphatic hydroxyl groups is 1. The maximum Gasteiger partial charge on any atom is 0.223 e. The molecule has 8 nitrogen and oxygen atoms in total. The fourth-order valence-electron chi connectivity index (χ4n) is 3.69. The van der Waals surface area contributed by atoms with Gasteiger partial charge < -0.3 is 25.2 Å². The van der Waals surface area contributed by atoms with E-state index in [2.05, 4.69) is 15.6 Å². The van der Waals surface area contributed by atoms with Crippen LogP contribution in [0.3, 0.4) is 0 Å². The average Bonchev–Trinajstić information content (AvgIpc) is 2.74. The van der Waals surface area contributed by atoms with Crippen molar-refractivity contribution in [3.63, 3.8) is 0 Å². The maximum atomic E-state index is 12.4. The molecule has 1 aromatic rings. The van der Waals surface area contributed by atoms with Gasteiger partial charge in [0.15, 0.2) is 0 Å². The normalized spacial score (nSPS) is 25.8. The summed E-state index contributed by atoms with van der Waals surface area (Å²) in [7, 11) is 0. The van der Waals surface area contributed by atoms with Gasteiger partial charge in [-0.2, -0.15) is 0 Å². The van der Waals surface area contributed by atoms with E-state index in [0.717, 1.165) is 18.4 Å². The zero-order valence-corrected chi connectivity index (χ0v) is 16.0. The van der Waals surface area contributed by atoms with Gasteiger partial charge in [-0.25, -0.2) is 0 Å². The summed E-state index contributed by atoms with van der Waals surface area (Å²) in [5.41, 5.74) is 0.983. The van der Waals surface area contributed by atoms with Gasteiger partial charge >= 0.3 is 0 Å². The van der Waals surface area contributed by atoms with Crippen LogP contribution in [0.2, 0.25) is 0 Å². The molecule has 8 heteroatoms.